The lowest BCUT2D eigenvalue weighted by molar-refractivity contribution is 0.665. The van der Waals surface area contributed by atoms with Crippen molar-refractivity contribution in [3.05, 3.63) is 33.8 Å². The molecular weight excluding hydrogens is 205 g/mol. The van der Waals surface area contributed by atoms with Crippen LogP contribution in [0.25, 0.3) is 0 Å². The van der Waals surface area contributed by atoms with Crippen LogP contribution in [0.3, 0.4) is 0 Å². The monoisotopic (exact) mass is 215 g/mol. The Bertz CT molecular complexity index is 351. The summed E-state index contributed by atoms with van der Waals surface area (Å²) >= 11 is 11.9. The van der Waals surface area contributed by atoms with Crippen molar-refractivity contribution >= 4 is 23.2 Å². The molecule has 1 fully saturated rings. The summed E-state index contributed by atoms with van der Waals surface area (Å²) < 4.78 is 0. The van der Waals surface area contributed by atoms with Gasteiger partial charge in [0.05, 0.1) is 0 Å². The number of hydrogen-bond acceptors (Lipinski definition) is 1. The summed E-state index contributed by atoms with van der Waals surface area (Å²) in [5.74, 6) is 0.520. The zero-order chi connectivity index (χ0) is 9.64. The molecule has 0 radical (unpaired) electrons. The lowest BCUT2D eigenvalue weighted by atomic mass is 10.0. The van der Waals surface area contributed by atoms with Crippen LogP contribution >= 0.6 is 23.2 Å². The number of nitrogens with two attached hydrogens (primary N) is 1. The molecule has 0 heterocycles. The first-order valence-corrected chi connectivity index (χ1v) is 5.04. The van der Waals surface area contributed by atoms with Gasteiger partial charge in [0.25, 0.3) is 0 Å². The number of halogens is 2. The largest absolute Gasteiger partial charge is 0.321 e. The molecular formula is C10H11Cl2N. The molecule has 3 heteroatoms. The van der Waals surface area contributed by atoms with Crippen molar-refractivity contribution in [2.75, 3.05) is 0 Å². The third-order valence-electron chi connectivity index (χ3n) is 2.80. The summed E-state index contributed by atoms with van der Waals surface area (Å²) in [6, 6.07) is 5.51. The normalized spacial score (nSPS) is 31.8. The van der Waals surface area contributed by atoms with Crippen molar-refractivity contribution < 1.29 is 0 Å². The summed E-state index contributed by atoms with van der Waals surface area (Å²) in [5.41, 5.74) is 6.95. The van der Waals surface area contributed by atoms with Gasteiger partial charge < -0.3 is 5.73 Å². The van der Waals surface area contributed by atoms with E-state index >= 15 is 0 Å². The zero-order valence-corrected chi connectivity index (χ0v) is 8.86. The lowest BCUT2D eigenvalue weighted by Crippen LogP contribution is -2.21. The van der Waals surface area contributed by atoms with Crippen LogP contribution in [-0.4, -0.2) is 0 Å². The minimum Gasteiger partial charge on any atom is -0.321 e. The van der Waals surface area contributed by atoms with Gasteiger partial charge in [0.15, 0.2) is 0 Å². The topological polar surface area (TPSA) is 26.0 Å². The Labute approximate surface area is 87.8 Å². The molecule has 1 aliphatic carbocycles. The van der Waals surface area contributed by atoms with Gasteiger partial charge in [-0.3, -0.25) is 0 Å². The Hall–Kier alpha value is -0.240. The highest BCUT2D eigenvalue weighted by Crippen LogP contribution is 2.51. The fourth-order valence-corrected chi connectivity index (χ4v) is 2.27. The summed E-state index contributed by atoms with van der Waals surface area (Å²) in [5, 5.41) is 1.34. The van der Waals surface area contributed by atoms with Gasteiger partial charge in [-0.05, 0) is 30.0 Å². The van der Waals surface area contributed by atoms with Gasteiger partial charge in [-0.1, -0.05) is 36.2 Å². The van der Waals surface area contributed by atoms with Crippen LogP contribution in [0.15, 0.2) is 18.2 Å². The molecule has 0 amide bonds. The Morgan fingerprint density at radius 1 is 1.46 bits per heavy atom. The Morgan fingerprint density at radius 2 is 2.08 bits per heavy atom. The molecule has 2 unspecified atom stereocenters. The second-order valence-electron chi connectivity index (χ2n) is 3.77. The van der Waals surface area contributed by atoms with Crippen LogP contribution in [0.1, 0.15) is 18.9 Å². The molecule has 2 rings (SSSR count). The fraction of sp³-hybridized carbons (Fsp3) is 0.400. The van der Waals surface area contributed by atoms with Crippen LogP contribution in [0.4, 0.5) is 0 Å². The van der Waals surface area contributed by atoms with E-state index in [9.17, 15) is 0 Å². The third-order valence-corrected chi connectivity index (χ3v) is 3.34. The molecule has 1 aliphatic rings. The van der Waals surface area contributed by atoms with E-state index in [-0.39, 0.29) is 5.54 Å². The zero-order valence-electron chi connectivity index (χ0n) is 7.35. The molecule has 0 aliphatic heterocycles. The quantitative estimate of drug-likeness (QED) is 0.766. The maximum absolute atomic E-state index is 6.13. The standard InChI is InChI=1S/C10H11Cl2N/c1-6-5-10(6,13)8-3-2-7(11)4-9(8)12/h2-4,6H,5,13H2,1H3. The van der Waals surface area contributed by atoms with Crippen molar-refractivity contribution in [3.8, 4) is 0 Å². The average molecular weight is 216 g/mol. The van der Waals surface area contributed by atoms with E-state index in [1.807, 2.05) is 12.1 Å². The highest BCUT2D eigenvalue weighted by atomic mass is 35.5. The van der Waals surface area contributed by atoms with Gasteiger partial charge in [-0.25, -0.2) is 0 Å². The number of benzene rings is 1. The average Bonchev–Trinajstić information content (AvgIpc) is 2.59. The summed E-state index contributed by atoms with van der Waals surface area (Å²) in [6.45, 7) is 2.13. The lowest BCUT2D eigenvalue weighted by Gasteiger charge is -2.12. The molecule has 0 saturated heterocycles. The van der Waals surface area contributed by atoms with Gasteiger partial charge in [-0.15, -0.1) is 0 Å². The third kappa shape index (κ3) is 1.45. The van der Waals surface area contributed by atoms with Gasteiger partial charge in [0.1, 0.15) is 0 Å². The molecule has 1 saturated carbocycles. The molecule has 0 spiro atoms. The van der Waals surface area contributed by atoms with E-state index < -0.39 is 0 Å². The first-order chi connectivity index (χ1) is 6.04. The first-order valence-electron chi connectivity index (χ1n) is 4.28. The van der Waals surface area contributed by atoms with E-state index in [4.69, 9.17) is 28.9 Å². The van der Waals surface area contributed by atoms with E-state index in [0.29, 0.717) is 16.0 Å². The van der Waals surface area contributed by atoms with Gasteiger partial charge in [0.2, 0.25) is 0 Å². The van der Waals surface area contributed by atoms with Gasteiger partial charge in [-0.2, -0.15) is 0 Å². The maximum Gasteiger partial charge on any atom is 0.0471 e. The number of rotatable bonds is 1. The van der Waals surface area contributed by atoms with Crippen molar-refractivity contribution in [2.45, 2.75) is 18.9 Å². The minimum absolute atomic E-state index is 0.207. The SMILES string of the molecule is CC1CC1(N)c1ccc(Cl)cc1Cl. The first kappa shape index (κ1) is 9.32. The second kappa shape index (κ2) is 2.88. The van der Waals surface area contributed by atoms with Crippen molar-refractivity contribution in [3.63, 3.8) is 0 Å². The predicted molar refractivity (Wildman–Crippen MR) is 56.1 cm³/mol. The Kier molecular flexibility index (Phi) is 2.06. The second-order valence-corrected chi connectivity index (χ2v) is 4.61. The van der Waals surface area contributed by atoms with E-state index in [1.165, 1.54) is 0 Å². The smallest absolute Gasteiger partial charge is 0.0471 e. The van der Waals surface area contributed by atoms with Gasteiger partial charge in [0, 0.05) is 15.6 Å². The van der Waals surface area contributed by atoms with E-state index in [0.717, 1.165) is 12.0 Å². The van der Waals surface area contributed by atoms with Crippen LogP contribution in [0.2, 0.25) is 10.0 Å². The highest BCUT2D eigenvalue weighted by Gasteiger charge is 2.49. The Morgan fingerprint density at radius 3 is 2.54 bits per heavy atom. The molecule has 0 aromatic heterocycles. The van der Waals surface area contributed by atoms with Crippen molar-refractivity contribution in [1.29, 1.82) is 0 Å². The van der Waals surface area contributed by atoms with Crippen molar-refractivity contribution in [2.24, 2.45) is 11.7 Å². The molecule has 1 aromatic carbocycles. The summed E-state index contributed by atoms with van der Waals surface area (Å²) in [6.07, 6.45) is 1.01. The molecule has 70 valence electrons. The van der Waals surface area contributed by atoms with Gasteiger partial charge >= 0.3 is 0 Å². The maximum atomic E-state index is 6.13. The van der Waals surface area contributed by atoms with E-state index in [1.54, 1.807) is 6.07 Å². The summed E-state index contributed by atoms with van der Waals surface area (Å²) in [7, 11) is 0. The fourth-order valence-electron chi connectivity index (χ4n) is 1.69. The molecule has 2 atom stereocenters. The van der Waals surface area contributed by atoms with Crippen LogP contribution in [0.5, 0.6) is 0 Å². The molecule has 13 heavy (non-hydrogen) atoms. The molecule has 0 bridgehead atoms. The molecule has 1 aromatic rings. The highest BCUT2D eigenvalue weighted by molar-refractivity contribution is 6.35. The van der Waals surface area contributed by atoms with E-state index in [2.05, 4.69) is 6.92 Å². The number of hydrogen-bond donors (Lipinski definition) is 1. The Balaban J connectivity index is 2.42. The molecule has 1 nitrogen and oxygen atoms in total. The van der Waals surface area contributed by atoms with Crippen LogP contribution in [-0.2, 0) is 5.54 Å². The van der Waals surface area contributed by atoms with Crippen LogP contribution < -0.4 is 5.73 Å². The molecule has 2 N–H and O–H groups in total. The summed E-state index contributed by atoms with van der Waals surface area (Å²) in [4.78, 5) is 0. The van der Waals surface area contributed by atoms with Crippen molar-refractivity contribution in [1.82, 2.24) is 0 Å². The predicted octanol–water partition coefficient (Wildman–Crippen LogP) is 3.19. The van der Waals surface area contributed by atoms with Crippen LogP contribution in [0, 0.1) is 5.92 Å². The minimum atomic E-state index is -0.207.